The SMILES string of the molecule is CC(C)[C@@H]1NC(=O)c2csc(n2)[C@H](Cc2ccccc2)NC(=O)CN(C(=O)CCC2CCN(C)CC2)CCCNC(=O)c2csc1n2. The Morgan fingerprint density at radius 1 is 0.936 bits per heavy atom. The highest BCUT2D eigenvalue weighted by atomic mass is 32.1. The molecule has 3 N–H and O–H groups in total. The molecule has 4 bridgehead atoms. The molecule has 0 saturated carbocycles. The fourth-order valence-electron chi connectivity index (χ4n) is 5.97. The second kappa shape index (κ2) is 16.4. The van der Waals surface area contributed by atoms with E-state index in [0.717, 1.165) is 37.9 Å². The Morgan fingerprint density at radius 3 is 2.34 bits per heavy atom. The second-order valence-electron chi connectivity index (χ2n) is 12.9. The van der Waals surface area contributed by atoms with Gasteiger partial charge in [0.2, 0.25) is 11.8 Å². The number of nitrogens with zero attached hydrogens (tertiary/aromatic N) is 4. The first kappa shape index (κ1) is 34.6. The van der Waals surface area contributed by atoms with E-state index in [9.17, 15) is 19.2 Å². The molecule has 13 heteroatoms. The van der Waals surface area contributed by atoms with Crippen molar-refractivity contribution in [3.05, 3.63) is 68.1 Å². The van der Waals surface area contributed by atoms with Crippen molar-refractivity contribution in [1.29, 1.82) is 0 Å². The van der Waals surface area contributed by atoms with E-state index >= 15 is 0 Å². The zero-order valence-electron chi connectivity index (χ0n) is 27.4. The number of rotatable bonds is 6. The van der Waals surface area contributed by atoms with Crippen LogP contribution >= 0.6 is 22.7 Å². The van der Waals surface area contributed by atoms with Gasteiger partial charge in [-0.25, -0.2) is 9.97 Å². The van der Waals surface area contributed by atoms with Crippen LogP contribution in [-0.4, -0.2) is 83.2 Å². The molecule has 4 amide bonds. The summed E-state index contributed by atoms with van der Waals surface area (Å²) in [5.41, 5.74) is 1.55. The van der Waals surface area contributed by atoms with E-state index in [2.05, 4.69) is 37.9 Å². The molecular weight excluding hydrogens is 635 g/mol. The van der Waals surface area contributed by atoms with E-state index in [1.807, 2.05) is 44.2 Å². The molecule has 3 aromatic rings. The van der Waals surface area contributed by atoms with E-state index in [1.165, 1.54) is 22.7 Å². The Bertz CT molecular complexity index is 1520. The molecule has 1 saturated heterocycles. The van der Waals surface area contributed by atoms with Crippen LogP contribution in [0.1, 0.15) is 94.6 Å². The molecule has 0 spiro atoms. The maximum absolute atomic E-state index is 13.6. The van der Waals surface area contributed by atoms with Crippen molar-refractivity contribution in [2.45, 2.75) is 64.5 Å². The Kier molecular flexibility index (Phi) is 12.1. The van der Waals surface area contributed by atoms with E-state index in [0.29, 0.717) is 48.3 Å². The van der Waals surface area contributed by atoms with Gasteiger partial charge in [0.25, 0.3) is 11.8 Å². The third kappa shape index (κ3) is 9.68. The van der Waals surface area contributed by atoms with Crippen LogP contribution in [0.2, 0.25) is 0 Å². The molecule has 11 nitrogen and oxygen atoms in total. The van der Waals surface area contributed by atoms with Crippen molar-refractivity contribution in [2.75, 3.05) is 39.8 Å². The molecule has 4 heterocycles. The summed E-state index contributed by atoms with van der Waals surface area (Å²) in [6, 6.07) is 8.91. The van der Waals surface area contributed by atoms with Gasteiger partial charge in [-0.2, -0.15) is 0 Å². The number of carbonyl (C=O) groups excluding carboxylic acids is 4. The number of hydrogen-bond acceptors (Lipinski definition) is 9. The normalized spacial score (nSPS) is 20.9. The minimum absolute atomic E-state index is 0.0151. The third-order valence-electron chi connectivity index (χ3n) is 8.83. The Labute approximate surface area is 284 Å². The van der Waals surface area contributed by atoms with Crippen molar-refractivity contribution in [2.24, 2.45) is 11.8 Å². The number of benzene rings is 1. The van der Waals surface area contributed by atoms with Crippen molar-refractivity contribution in [3.63, 3.8) is 0 Å². The molecule has 2 aliphatic heterocycles. The van der Waals surface area contributed by atoms with Crippen molar-refractivity contribution >= 4 is 46.3 Å². The standard InChI is InChI=1S/C34H45N7O4S2/c1-22(2)30-34-38-26(20-47-34)31(44)35-14-7-15-41(29(43)11-10-23-12-16-40(3)17-13-23)19-28(42)36-25(18-24-8-5-4-6-9-24)33-37-27(21-46-33)32(45)39-30/h4-6,8-9,20-23,25,30H,7,10-19H2,1-3H3,(H,35,44)(H,36,42)(H,39,45)/t25-,30-/m0/s1. The van der Waals surface area contributed by atoms with Crippen LogP contribution in [0.15, 0.2) is 41.1 Å². The van der Waals surface area contributed by atoms with Gasteiger partial charge in [0, 0.05) is 30.3 Å². The number of fused-ring (bicyclic) bond motifs is 4. The average Bonchev–Trinajstić information content (AvgIpc) is 3.75. The second-order valence-corrected chi connectivity index (χ2v) is 14.6. The highest BCUT2D eigenvalue weighted by Gasteiger charge is 2.28. The Hall–Kier alpha value is -3.68. The molecule has 47 heavy (non-hydrogen) atoms. The molecule has 0 unspecified atom stereocenters. The summed E-state index contributed by atoms with van der Waals surface area (Å²) in [5, 5.41) is 13.7. The van der Waals surface area contributed by atoms with Gasteiger partial charge >= 0.3 is 0 Å². The minimum atomic E-state index is -0.489. The maximum Gasteiger partial charge on any atom is 0.271 e. The highest BCUT2D eigenvalue weighted by Crippen LogP contribution is 2.27. The van der Waals surface area contributed by atoms with E-state index in [1.54, 1.807) is 15.7 Å². The van der Waals surface area contributed by atoms with E-state index in [4.69, 9.17) is 0 Å². The quantitative estimate of drug-likeness (QED) is 0.355. The molecule has 1 aromatic carbocycles. The van der Waals surface area contributed by atoms with Crippen molar-refractivity contribution in [1.82, 2.24) is 35.7 Å². The molecule has 2 aliphatic rings. The molecular formula is C34H45N7O4S2. The lowest BCUT2D eigenvalue weighted by atomic mass is 9.92. The maximum atomic E-state index is 13.6. The van der Waals surface area contributed by atoms with Crippen LogP contribution in [0.4, 0.5) is 0 Å². The van der Waals surface area contributed by atoms with Gasteiger partial charge in [0.1, 0.15) is 21.4 Å². The largest absolute Gasteiger partial charge is 0.351 e. The predicted octanol–water partition coefficient (Wildman–Crippen LogP) is 4.21. The molecule has 1 fully saturated rings. The van der Waals surface area contributed by atoms with Crippen molar-refractivity contribution in [3.8, 4) is 0 Å². The molecule has 0 radical (unpaired) electrons. The van der Waals surface area contributed by atoms with Crippen LogP contribution in [0.3, 0.4) is 0 Å². The lowest BCUT2D eigenvalue weighted by molar-refractivity contribution is -0.136. The number of aromatic nitrogens is 2. The zero-order chi connectivity index (χ0) is 33.3. The minimum Gasteiger partial charge on any atom is -0.351 e. The van der Waals surface area contributed by atoms with Gasteiger partial charge in [0.15, 0.2) is 0 Å². The van der Waals surface area contributed by atoms with Crippen LogP contribution in [0, 0.1) is 11.8 Å². The summed E-state index contributed by atoms with van der Waals surface area (Å²) >= 11 is 2.65. The number of carbonyl (C=O) groups is 4. The highest BCUT2D eigenvalue weighted by molar-refractivity contribution is 7.10. The summed E-state index contributed by atoms with van der Waals surface area (Å²) in [6.45, 7) is 6.60. The van der Waals surface area contributed by atoms with E-state index in [-0.39, 0.29) is 47.5 Å². The Morgan fingerprint density at radius 2 is 1.62 bits per heavy atom. The lowest BCUT2D eigenvalue weighted by Crippen LogP contribution is -2.43. The van der Waals surface area contributed by atoms with Gasteiger partial charge in [-0.05, 0) is 69.6 Å². The van der Waals surface area contributed by atoms with Crippen LogP contribution < -0.4 is 16.0 Å². The topological polar surface area (TPSA) is 137 Å². The number of amides is 4. The van der Waals surface area contributed by atoms with E-state index < -0.39 is 12.1 Å². The van der Waals surface area contributed by atoms with Gasteiger partial charge in [0.05, 0.1) is 18.6 Å². The number of hydrogen-bond donors (Lipinski definition) is 3. The smallest absolute Gasteiger partial charge is 0.271 e. The fourth-order valence-corrected chi connectivity index (χ4v) is 7.84. The fraction of sp³-hybridized carbons (Fsp3) is 0.529. The summed E-state index contributed by atoms with van der Waals surface area (Å²) in [5.74, 6) is -0.510. The third-order valence-corrected chi connectivity index (χ3v) is 10.7. The summed E-state index contributed by atoms with van der Waals surface area (Å²) < 4.78 is 0. The van der Waals surface area contributed by atoms with Gasteiger partial charge in [-0.15, -0.1) is 22.7 Å². The summed E-state index contributed by atoms with van der Waals surface area (Å²) in [4.78, 5) is 66.7. The average molecular weight is 680 g/mol. The zero-order valence-corrected chi connectivity index (χ0v) is 29.0. The monoisotopic (exact) mass is 679 g/mol. The molecule has 2 atom stereocenters. The van der Waals surface area contributed by atoms with Crippen LogP contribution in [0.25, 0.3) is 0 Å². The summed E-state index contributed by atoms with van der Waals surface area (Å²) in [6.07, 6.45) is 4.29. The molecule has 252 valence electrons. The number of nitrogens with one attached hydrogen (secondary N) is 3. The number of likely N-dealkylation sites (tertiary alicyclic amines) is 1. The first-order valence-electron chi connectivity index (χ1n) is 16.5. The number of piperidine rings is 1. The summed E-state index contributed by atoms with van der Waals surface area (Å²) in [7, 11) is 2.12. The first-order valence-corrected chi connectivity index (χ1v) is 18.2. The first-order chi connectivity index (χ1) is 22.7. The predicted molar refractivity (Wildman–Crippen MR) is 183 cm³/mol. The van der Waals surface area contributed by atoms with Crippen molar-refractivity contribution < 1.29 is 19.2 Å². The van der Waals surface area contributed by atoms with Crippen LogP contribution in [-0.2, 0) is 16.0 Å². The number of thiazole rings is 2. The molecule has 0 aliphatic carbocycles. The lowest BCUT2D eigenvalue weighted by Gasteiger charge is -2.29. The molecule has 2 aromatic heterocycles. The van der Waals surface area contributed by atoms with Crippen LogP contribution in [0.5, 0.6) is 0 Å². The Balaban J connectivity index is 1.38. The molecule has 5 rings (SSSR count). The van der Waals surface area contributed by atoms with Gasteiger partial charge < -0.3 is 25.8 Å². The van der Waals surface area contributed by atoms with Gasteiger partial charge in [-0.1, -0.05) is 44.2 Å². The van der Waals surface area contributed by atoms with Gasteiger partial charge in [-0.3, -0.25) is 19.2 Å².